The first kappa shape index (κ1) is 25.8. The van der Waals surface area contributed by atoms with Crippen LogP contribution in [0.2, 0.25) is 0 Å². The van der Waals surface area contributed by atoms with Gasteiger partial charge in [0.1, 0.15) is 0 Å². The highest BCUT2D eigenvalue weighted by Crippen LogP contribution is 2.43. The fourth-order valence-corrected chi connectivity index (χ4v) is 7.53. The van der Waals surface area contributed by atoms with Crippen LogP contribution in [0.15, 0.2) is 152 Å². The van der Waals surface area contributed by atoms with Gasteiger partial charge in [-0.05, 0) is 29.3 Å². The number of nitrogens with zero attached hydrogens (tertiary/aromatic N) is 3. The number of aromatic nitrogens is 3. The lowest BCUT2D eigenvalue weighted by Crippen LogP contribution is -1.95. The smallest absolute Gasteiger partial charge is 0.160 e. The number of pyridine rings is 1. The molecule has 3 heterocycles. The van der Waals surface area contributed by atoms with Crippen molar-refractivity contribution >= 4 is 53.3 Å². The first-order valence-corrected chi connectivity index (χ1v) is 15.9. The molecule has 0 N–H and O–H groups in total. The molecule has 9 rings (SSSR count). The van der Waals surface area contributed by atoms with Gasteiger partial charge in [0.2, 0.25) is 0 Å². The van der Waals surface area contributed by atoms with Crippen molar-refractivity contribution in [1.82, 2.24) is 15.0 Å². The summed E-state index contributed by atoms with van der Waals surface area (Å²) in [6.45, 7) is 0. The Labute approximate surface area is 264 Å². The molecule has 4 heteroatoms. The molecule has 0 aliphatic rings. The minimum absolute atomic E-state index is 0.731. The lowest BCUT2D eigenvalue weighted by atomic mass is 9.92. The van der Waals surface area contributed by atoms with E-state index >= 15 is 0 Å². The molecule has 0 saturated carbocycles. The number of hydrogen-bond acceptors (Lipinski definition) is 4. The zero-order chi connectivity index (χ0) is 29.7. The van der Waals surface area contributed by atoms with Crippen molar-refractivity contribution in [2.24, 2.45) is 0 Å². The van der Waals surface area contributed by atoms with E-state index in [1.807, 2.05) is 18.2 Å². The first-order chi connectivity index (χ1) is 22.3. The van der Waals surface area contributed by atoms with E-state index in [1.54, 1.807) is 11.3 Å². The van der Waals surface area contributed by atoms with Crippen molar-refractivity contribution in [3.05, 3.63) is 152 Å². The predicted molar refractivity (Wildman–Crippen MR) is 189 cm³/mol. The lowest BCUT2D eigenvalue weighted by molar-refractivity contribution is 1.24. The Morgan fingerprint density at radius 3 is 1.87 bits per heavy atom. The summed E-state index contributed by atoms with van der Waals surface area (Å²) in [5.41, 5.74) is 9.41. The monoisotopic (exact) mass is 591 g/mol. The highest BCUT2D eigenvalue weighted by atomic mass is 32.1. The molecule has 0 saturated heterocycles. The van der Waals surface area contributed by atoms with Crippen molar-refractivity contribution < 1.29 is 0 Å². The number of thiophene rings is 1. The summed E-state index contributed by atoms with van der Waals surface area (Å²) in [6, 6.07) is 53.1. The fraction of sp³-hybridized carbons (Fsp3) is 0. The van der Waals surface area contributed by atoms with E-state index in [2.05, 4.69) is 133 Å². The third-order valence-electron chi connectivity index (χ3n) is 8.47. The summed E-state index contributed by atoms with van der Waals surface area (Å²) in [5.74, 6) is 0.731. The van der Waals surface area contributed by atoms with Crippen LogP contribution in [0.25, 0.3) is 87.0 Å². The van der Waals surface area contributed by atoms with Crippen molar-refractivity contribution in [2.45, 2.75) is 0 Å². The van der Waals surface area contributed by atoms with Crippen LogP contribution in [0.4, 0.5) is 0 Å². The van der Waals surface area contributed by atoms with Gasteiger partial charge in [0.25, 0.3) is 0 Å². The summed E-state index contributed by atoms with van der Waals surface area (Å²) in [7, 11) is 0. The SMILES string of the molecule is c1ccc(-c2nc(-c3ccc4nc(-c5ccccc5)c5cccc(-c6ccccc6)c5c4c3)c3sc4ccccc4c3n2)cc1. The van der Waals surface area contributed by atoms with E-state index in [1.165, 1.54) is 21.2 Å². The molecule has 0 radical (unpaired) electrons. The van der Waals surface area contributed by atoms with Crippen LogP contribution in [0, 0.1) is 0 Å². The van der Waals surface area contributed by atoms with Crippen LogP contribution < -0.4 is 0 Å². The fourth-order valence-electron chi connectivity index (χ4n) is 6.38. The quantitative estimate of drug-likeness (QED) is 0.191. The van der Waals surface area contributed by atoms with Crippen molar-refractivity contribution in [3.63, 3.8) is 0 Å². The minimum Gasteiger partial charge on any atom is -0.247 e. The van der Waals surface area contributed by atoms with E-state index in [9.17, 15) is 0 Å². The Morgan fingerprint density at radius 1 is 0.422 bits per heavy atom. The van der Waals surface area contributed by atoms with Crippen LogP contribution in [0.1, 0.15) is 0 Å². The predicted octanol–water partition coefficient (Wildman–Crippen LogP) is 11.2. The van der Waals surface area contributed by atoms with Gasteiger partial charge in [0.05, 0.1) is 27.1 Å². The van der Waals surface area contributed by atoms with Gasteiger partial charge in [-0.2, -0.15) is 0 Å². The summed E-state index contributed by atoms with van der Waals surface area (Å²) < 4.78 is 2.30. The molecule has 0 aliphatic carbocycles. The molecule has 210 valence electrons. The van der Waals surface area contributed by atoms with Gasteiger partial charge in [0, 0.05) is 42.9 Å². The molecular weight excluding hydrogens is 567 g/mol. The first-order valence-electron chi connectivity index (χ1n) is 15.0. The minimum atomic E-state index is 0.731. The average Bonchev–Trinajstić information content (AvgIpc) is 3.50. The third kappa shape index (κ3) is 4.30. The highest BCUT2D eigenvalue weighted by Gasteiger charge is 2.19. The Bertz CT molecular complexity index is 2520. The summed E-state index contributed by atoms with van der Waals surface area (Å²) in [5, 5.41) is 4.59. The Balaban J connectivity index is 1.38. The van der Waals surface area contributed by atoms with Gasteiger partial charge in [-0.3, -0.25) is 0 Å². The second kappa shape index (κ2) is 10.5. The lowest BCUT2D eigenvalue weighted by Gasteiger charge is -2.15. The van der Waals surface area contributed by atoms with Crippen LogP contribution in [-0.2, 0) is 0 Å². The largest absolute Gasteiger partial charge is 0.247 e. The van der Waals surface area contributed by atoms with E-state index in [-0.39, 0.29) is 0 Å². The Kier molecular flexibility index (Phi) is 6.00. The number of benzene rings is 6. The van der Waals surface area contributed by atoms with Gasteiger partial charge in [-0.25, -0.2) is 15.0 Å². The molecule has 0 amide bonds. The maximum absolute atomic E-state index is 5.28. The molecule has 0 fully saturated rings. The molecule has 0 bridgehead atoms. The second-order valence-corrected chi connectivity index (χ2v) is 12.2. The topological polar surface area (TPSA) is 38.7 Å². The van der Waals surface area contributed by atoms with Crippen LogP contribution >= 0.6 is 11.3 Å². The molecule has 45 heavy (non-hydrogen) atoms. The zero-order valence-electron chi connectivity index (χ0n) is 24.2. The maximum Gasteiger partial charge on any atom is 0.160 e. The van der Waals surface area contributed by atoms with Gasteiger partial charge in [-0.15, -0.1) is 11.3 Å². The number of rotatable bonds is 4. The van der Waals surface area contributed by atoms with Gasteiger partial charge in [-0.1, -0.05) is 133 Å². The molecule has 3 aromatic heterocycles. The average molecular weight is 592 g/mol. The van der Waals surface area contributed by atoms with Gasteiger partial charge < -0.3 is 0 Å². The van der Waals surface area contributed by atoms with Crippen molar-refractivity contribution in [1.29, 1.82) is 0 Å². The van der Waals surface area contributed by atoms with Crippen LogP contribution in [-0.4, -0.2) is 15.0 Å². The van der Waals surface area contributed by atoms with E-state index < -0.39 is 0 Å². The van der Waals surface area contributed by atoms with Crippen LogP contribution in [0.5, 0.6) is 0 Å². The van der Waals surface area contributed by atoms with Crippen molar-refractivity contribution in [3.8, 4) is 45.0 Å². The van der Waals surface area contributed by atoms with Gasteiger partial charge in [0.15, 0.2) is 5.82 Å². The van der Waals surface area contributed by atoms with E-state index in [0.717, 1.165) is 65.8 Å². The highest BCUT2D eigenvalue weighted by molar-refractivity contribution is 7.26. The molecule has 0 atom stereocenters. The Hall–Kier alpha value is -5.71. The molecule has 9 aromatic rings. The van der Waals surface area contributed by atoms with Gasteiger partial charge >= 0.3 is 0 Å². The molecule has 0 spiro atoms. The molecule has 3 nitrogen and oxygen atoms in total. The van der Waals surface area contributed by atoms with E-state index in [4.69, 9.17) is 15.0 Å². The maximum atomic E-state index is 5.28. The second-order valence-electron chi connectivity index (χ2n) is 11.2. The zero-order valence-corrected chi connectivity index (χ0v) is 25.0. The van der Waals surface area contributed by atoms with Crippen molar-refractivity contribution in [2.75, 3.05) is 0 Å². The number of hydrogen-bond donors (Lipinski definition) is 0. The molecule has 0 unspecified atom stereocenters. The molecule has 0 aliphatic heterocycles. The van der Waals surface area contributed by atoms with Crippen LogP contribution in [0.3, 0.4) is 0 Å². The summed E-state index contributed by atoms with van der Waals surface area (Å²) >= 11 is 1.76. The third-order valence-corrected chi connectivity index (χ3v) is 9.64. The van der Waals surface area contributed by atoms with E-state index in [0.29, 0.717) is 0 Å². The Morgan fingerprint density at radius 2 is 1.09 bits per heavy atom. The summed E-state index contributed by atoms with van der Waals surface area (Å²) in [6.07, 6.45) is 0. The molecule has 6 aromatic carbocycles. The standard InChI is InChI=1S/C41H25N3S/c1-4-13-26(14-5-1)30-20-12-21-32-36(30)33-25-29(23-24-34(33)42-37(32)27-15-6-2-7-16-27)38-40-39(31-19-10-11-22-35(31)45-40)44-41(43-38)28-17-8-3-9-18-28/h1-25H. The summed E-state index contributed by atoms with van der Waals surface area (Å²) in [4.78, 5) is 15.6. The molecular formula is C41H25N3S. The normalized spacial score (nSPS) is 11.6. The number of fused-ring (bicyclic) bond motifs is 6.